The maximum absolute atomic E-state index is 11.0. The molecule has 0 aromatic heterocycles. The number of halogens is 10. The van der Waals surface area contributed by atoms with E-state index in [1.54, 1.807) is 0 Å². The molecule has 0 nitrogen and oxygen atoms in total. The van der Waals surface area contributed by atoms with Gasteiger partial charge in [-0.3, -0.25) is 0 Å². The first-order valence-corrected chi connectivity index (χ1v) is 3.90. The summed E-state index contributed by atoms with van der Waals surface area (Å²) in [5.74, 6) is -3.33. The van der Waals surface area contributed by atoms with Crippen LogP contribution >= 0.6 is 0 Å². The summed E-state index contributed by atoms with van der Waals surface area (Å²) in [7, 11) is -6.61. The van der Waals surface area contributed by atoms with Crippen molar-refractivity contribution in [1.82, 2.24) is 0 Å². The fourth-order valence-electron chi connectivity index (χ4n) is 0.107. The zero-order chi connectivity index (χ0) is 12.2. The van der Waals surface area contributed by atoms with Crippen LogP contribution in [0, 0.1) is 0 Å². The maximum Gasteiger partial charge on any atom is 0.844 e. The van der Waals surface area contributed by atoms with Crippen molar-refractivity contribution in [2.45, 2.75) is 6.18 Å². The fourth-order valence-corrected chi connectivity index (χ4v) is 0.107. The predicted octanol–water partition coefficient (Wildman–Crippen LogP) is 3.93. The largest absolute Gasteiger partial charge is 0.844 e. The highest BCUT2D eigenvalue weighted by Crippen LogP contribution is 2.29. The van der Waals surface area contributed by atoms with Gasteiger partial charge in [-0.1, -0.05) is 0 Å². The van der Waals surface area contributed by atoms with Gasteiger partial charge in [-0.15, -0.1) is 0 Å². The minimum Gasteiger partial charge on any atom is -0.211 e. The van der Waals surface area contributed by atoms with Crippen LogP contribution in [0.3, 0.4) is 0 Å². The number of rotatable bonds is 0. The first kappa shape index (κ1) is 15.7. The first-order chi connectivity index (χ1) is 5.85. The van der Waals surface area contributed by atoms with E-state index in [0.29, 0.717) is 0 Å². The highest BCUT2D eigenvalue weighted by Gasteiger charge is 2.39. The third-order valence-electron chi connectivity index (χ3n) is 0.415. The molecule has 0 atom stereocenters. The smallest absolute Gasteiger partial charge is 0.211 e. The molecular weight excluding hydrogens is 254 g/mol. The van der Waals surface area contributed by atoms with E-state index < -0.39 is 27.5 Å². The Morgan fingerprint density at radius 3 is 1.00 bits per heavy atom. The second-order valence-electron chi connectivity index (χ2n) is 1.50. The van der Waals surface area contributed by atoms with Gasteiger partial charge in [-0.25, -0.2) is 16.4 Å². The van der Waals surface area contributed by atoms with Crippen LogP contribution in [0.2, 0.25) is 0 Å². The van der Waals surface area contributed by atoms with Crippen molar-refractivity contribution < 1.29 is 42.8 Å². The monoisotopic (exact) mass is 254 g/mol. The van der Waals surface area contributed by atoms with Crippen molar-refractivity contribution in [2.24, 2.45) is 0 Å². The average molecular weight is 254 g/mol. The molecule has 0 fully saturated rings. The molecule has 0 N–H and O–H groups in total. The molecule has 0 saturated carbocycles. The van der Waals surface area contributed by atoms with Gasteiger partial charge in [-0.2, -0.15) is 26.3 Å². The summed E-state index contributed by atoms with van der Waals surface area (Å²) in [5.41, 5.74) is 0. The van der Waals surface area contributed by atoms with E-state index in [9.17, 15) is 42.8 Å². The van der Waals surface area contributed by atoms with E-state index in [4.69, 9.17) is 0 Å². The summed E-state index contributed by atoms with van der Waals surface area (Å²) in [6, 6.07) is 0. The summed E-state index contributed by atoms with van der Waals surface area (Å²) >= 11 is 0. The fraction of sp³-hybridized carbons (Fsp3) is 0.333. The molecular formula is C3F10Si. The van der Waals surface area contributed by atoms with Crippen LogP contribution in [0.25, 0.3) is 0 Å². The van der Waals surface area contributed by atoms with Gasteiger partial charge in [0.15, 0.2) is 0 Å². The van der Waals surface area contributed by atoms with Gasteiger partial charge in [0, 0.05) is 0 Å². The Kier molecular flexibility index (Phi) is 5.86. The van der Waals surface area contributed by atoms with E-state index >= 15 is 0 Å². The quantitative estimate of drug-likeness (QED) is 0.349. The van der Waals surface area contributed by atoms with Crippen molar-refractivity contribution >= 4 is 9.41 Å². The van der Waals surface area contributed by atoms with Crippen LogP contribution in [0.5, 0.6) is 0 Å². The van der Waals surface area contributed by atoms with Crippen molar-refractivity contribution in [3.8, 4) is 0 Å². The number of hydrogen-bond acceptors (Lipinski definition) is 0. The second-order valence-corrected chi connectivity index (χ2v) is 2.36. The van der Waals surface area contributed by atoms with E-state index in [2.05, 4.69) is 0 Å². The normalized spacial score (nSPS) is 11.6. The van der Waals surface area contributed by atoms with Crippen molar-refractivity contribution in [3.63, 3.8) is 0 Å². The highest BCUT2D eigenvalue weighted by molar-refractivity contribution is 6.50. The van der Waals surface area contributed by atoms with Crippen LogP contribution in [-0.2, 0) is 0 Å². The molecule has 86 valence electrons. The zero-order valence-corrected chi connectivity index (χ0v) is 6.78. The lowest BCUT2D eigenvalue weighted by atomic mass is 10.6. The van der Waals surface area contributed by atoms with Crippen molar-refractivity contribution in [2.75, 3.05) is 0 Å². The molecule has 0 aromatic rings. The predicted molar refractivity (Wildman–Crippen MR) is 26.6 cm³/mol. The maximum atomic E-state index is 11.0. The zero-order valence-electron chi connectivity index (χ0n) is 5.78. The van der Waals surface area contributed by atoms with E-state index in [-0.39, 0.29) is 0 Å². The summed E-state index contributed by atoms with van der Waals surface area (Å²) in [6.45, 7) is 0. The Hall–Kier alpha value is -0.743. The van der Waals surface area contributed by atoms with Gasteiger partial charge in [0.05, 0.1) is 0 Å². The Bertz CT molecular complexity index is 186. The summed E-state index contributed by atoms with van der Waals surface area (Å²) in [4.78, 5) is 0. The number of hydrogen-bond donors (Lipinski definition) is 0. The van der Waals surface area contributed by atoms with Gasteiger partial charge in [-0.05, 0) is 0 Å². The molecule has 0 radical (unpaired) electrons. The molecule has 0 spiro atoms. The number of alkyl halides is 3. The van der Waals surface area contributed by atoms with Gasteiger partial charge in [0.1, 0.15) is 0 Å². The Morgan fingerprint density at radius 2 is 1.00 bits per heavy atom. The van der Waals surface area contributed by atoms with Crippen molar-refractivity contribution in [3.05, 3.63) is 11.9 Å². The Morgan fingerprint density at radius 1 is 0.786 bits per heavy atom. The topological polar surface area (TPSA) is 0 Å². The van der Waals surface area contributed by atoms with Crippen LogP contribution in [0.4, 0.5) is 42.8 Å². The van der Waals surface area contributed by atoms with E-state index in [1.807, 2.05) is 0 Å². The third-order valence-corrected chi connectivity index (χ3v) is 0.415. The van der Waals surface area contributed by atoms with Crippen LogP contribution in [0.1, 0.15) is 0 Å². The molecule has 0 aliphatic heterocycles. The molecule has 14 heavy (non-hydrogen) atoms. The van der Waals surface area contributed by atoms with Crippen LogP contribution < -0.4 is 0 Å². The molecule has 11 heteroatoms. The van der Waals surface area contributed by atoms with Crippen LogP contribution in [0.15, 0.2) is 11.9 Å². The van der Waals surface area contributed by atoms with Crippen molar-refractivity contribution in [1.29, 1.82) is 0 Å². The molecule has 0 aliphatic rings. The molecule has 0 aliphatic carbocycles. The Labute approximate surface area is 71.5 Å². The molecule has 0 saturated heterocycles. The lowest BCUT2D eigenvalue weighted by Gasteiger charge is -1.98. The van der Waals surface area contributed by atoms with Gasteiger partial charge in [0.2, 0.25) is 0 Å². The minimum atomic E-state index is -6.61. The van der Waals surface area contributed by atoms with Gasteiger partial charge < -0.3 is 0 Å². The summed E-state index contributed by atoms with van der Waals surface area (Å²) in [5, 5.41) is 0. The molecule has 0 unspecified atom stereocenters. The van der Waals surface area contributed by atoms with Gasteiger partial charge in [0.25, 0.3) is 5.83 Å². The minimum absolute atomic E-state index is 3.33. The van der Waals surface area contributed by atoms with E-state index in [1.165, 1.54) is 0 Å². The van der Waals surface area contributed by atoms with E-state index in [0.717, 1.165) is 0 Å². The summed E-state index contributed by atoms with van der Waals surface area (Å²) in [6.07, 6.45) is -8.90. The number of allylic oxidation sites excluding steroid dienone is 1. The highest BCUT2D eigenvalue weighted by atomic mass is 28.5. The molecule has 0 amide bonds. The van der Waals surface area contributed by atoms with Gasteiger partial charge >= 0.3 is 21.7 Å². The standard InChI is InChI=1S/C3F6.F4Si/c4-1(2(5)6)3(7,8)9;1-5(2,3)4. The third kappa shape index (κ3) is 13.8. The van der Waals surface area contributed by atoms with Crippen LogP contribution in [-0.4, -0.2) is 15.6 Å². The average Bonchev–Trinajstić information content (AvgIpc) is 1.79. The molecule has 0 rings (SSSR count). The lowest BCUT2D eigenvalue weighted by molar-refractivity contribution is -0.113. The molecule has 0 heterocycles. The SMILES string of the molecule is FC(F)=C(F)C(F)(F)F.F[Si](F)(F)F. The first-order valence-electron chi connectivity index (χ1n) is 2.39. The molecule has 0 bridgehead atoms. The second kappa shape index (κ2) is 5.22. The molecule has 0 aromatic carbocycles. The lowest BCUT2D eigenvalue weighted by Crippen LogP contribution is -2.08. The summed E-state index contributed by atoms with van der Waals surface area (Å²) < 4.78 is 104. The Balaban J connectivity index is 0.